The van der Waals surface area contributed by atoms with Crippen molar-refractivity contribution in [1.29, 1.82) is 0 Å². The van der Waals surface area contributed by atoms with Crippen LogP contribution in [-0.2, 0) is 10.0 Å². The Labute approximate surface area is 161 Å². The fourth-order valence-corrected chi connectivity index (χ4v) is 4.36. The molecule has 6 nitrogen and oxygen atoms in total. The van der Waals surface area contributed by atoms with Gasteiger partial charge >= 0.3 is 0 Å². The van der Waals surface area contributed by atoms with Gasteiger partial charge in [0.2, 0.25) is 10.0 Å². The van der Waals surface area contributed by atoms with E-state index in [1.165, 1.54) is 12.1 Å². The summed E-state index contributed by atoms with van der Waals surface area (Å²) in [4.78, 5) is -0.0876. The molecule has 1 unspecified atom stereocenters. The smallest absolute Gasteiger partial charge is 0.242 e. The van der Waals surface area contributed by atoms with Gasteiger partial charge in [0.05, 0.1) is 11.1 Å². The molecule has 1 heterocycles. The van der Waals surface area contributed by atoms with E-state index in [-0.39, 0.29) is 16.5 Å². The third-order valence-electron chi connectivity index (χ3n) is 3.92. The van der Waals surface area contributed by atoms with Crippen molar-refractivity contribution in [3.05, 3.63) is 51.5 Å². The predicted molar refractivity (Wildman–Crippen MR) is 98.8 cm³/mol. The molecule has 0 radical (unpaired) electrons. The first-order valence-electron chi connectivity index (χ1n) is 7.81. The summed E-state index contributed by atoms with van der Waals surface area (Å²) in [6.07, 6.45) is -1.06. The van der Waals surface area contributed by atoms with Gasteiger partial charge in [-0.25, -0.2) is 13.1 Å². The number of nitrogens with one attached hydrogen (secondary N) is 1. The maximum Gasteiger partial charge on any atom is 0.242 e. The van der Waals surface area contributed by atoms with Crippen LogP contribution in [0.3, 0.4) is 0 Å². The maximum atomic E-state index is 12.5. The molecule has 1 aliphatic heterocycles. The number of fused-ring (bicyclic) bond motifs is 1. The SMILES string of the molecule is Cc1cc(S(=O)(=O)NCC(O)c2ccc3c(c2)OCCO3)c(Cl)cc1Cl. The minimum Gasteiger partial charge on any atom is -0.486 e. The zero-order valence-corrected chi connectivity index (χ0v) is 16.2. The standard InChI is InChI=1S/C17H17Cl2NO5S/c1-10-6-17(13(19)8-12(10)18)26(22,23)20-9-14(21)11-2-3-15-16(7-11)25-5-4-24-15/h2-3,6-8,14,20-21H,4-5,9H2,1H3. The number of hydrogen-bond acceptors (Lipinski definition) is 5. The molecule has 2 aromatic rings. The first kappa shape index (κ1) is 19.3. The van der Waals surface area contributed by atoms with Crippen LogP contribution in [0.25, 0.3) is 0 Å². The average molecular weight is 418 g/mol. The first-order valence-corrected chi connectivity index (χ1v) is 10.0. The highest BCUT2D eigenvalue weighted by molar-refractivity contribution is 7.89. The highest BCUT2D eigenvalue weighted by atomic mass is 35.5. The lowest BCUT2D eigenvalue weighted by atomic mass is 10.1. The molecule has 1 atom stereocenters. The van der Waals surface area contributed by atoms with Crippen molar-refractivity contribution in [1.82, 2.24) is 4.72 Å². The van der Waals surface area contributed by atoms with Gasteiger partial charge in [-0.1, -0.05) is 29.3 Å². The van der Waals surface area contributed by atoms with E-state index in [9.17, 15) is 13.5 Å². The van der Waals surface area contributed by atoms with E-state index in [0.29, 0.717) is 40.9 Å². The number of benzene rings is 2. The van der Waals surface area contributed by atoms with Gasteiger partial charge in [0, 0.05) is 11.6 Å². The molecule has 26 heavy (non-hydrogen) atoms. The van der Waals surface area contributed by atoms with Crippen molar-refractivity contribution in [2.24, 2.45) is 0 Å². The van der Waals surface area contributed by atoms with E-state index in [4.69, 9.17) is 32.7 Å². The quantitative estimate of drug-likeness (QED) is 0.780. The van der Waals surface area contributed by atoms with Gasteiger partial charge in [0.25, 0.3) is 0 Å². The monoisotopic (exact) mass is 417 g/mol. The molecular formula is C17H17Cl2NO5S. The van der Waals surface area contributed by atoms with Crippen LogP contribution in [0.5, 0.6) is 11.5 Å². The number of sulfonamides is 1. The normalized spacial score (nSPS) is 14.9. The van der Waals surface area contributed by atoms with Crippen LogP contribution in [0.2, 0.25) is 10.0 Å². The first-order chi connectivity index (χ1) is 12.3. The lowest BCUT2D eigenvalue weighted by Crippen LogP contribution is -2.29. The summed E-state index contributed by atoms with van der Waals surface area (Å²) in [5.74, 6) is 1.11. The topological polar surface area (TPSA) is 84.9 Å². The van der Waals surface area contributed by atoms with Crippen LogP contribution in [0, 0.1) is 6.92 Å². The van der Waals surface area contributed by atoms with E-state index in [1.807, 2.05) is 0 Å². The summed E-state index contributed by atoms with van der Waals surface area (Å²) < 4.78 is 38.2. The molecule has 0 fully saturated rings. The Morgan fingerprint density at radius 2 is 1.81 bits per heavy atom. The van der Waals surface area contributed by atoms with E-state index in [0.717, 1.165) is 0 Å². The van der Waals surface area contributed by atoms with Gasteiger partial charge in [0.15, 0.2) is 11.5 Å². The second-order valence-electron chi connectivity index (χ2n) is 5.80. The molecule has 0 spiro atoms. The molecule has 1 aliphatic rings. The lowest BCUT2D eigenvalue weighted by molar-refractivity contribution is 0.165. The van der Waals surface area contributed by atoms with Gasteiger partial charge < -0.3 is 14.6 Å². The zero-order valence-electron chi connectivity index (χ0n) is 13.8. The number of rotatable bonds is 5. The number of hydrogen-bond donors (Lipinski definition) is 2. The molecule has 0 amide bonds. The van der Waals surface area contributed by atoms with Crippen molar-refractivity contribution in [3.63, 3.8) is 0 Å². The van der Waals surface area contributed by atoms with Crippen LogP contribution in [0.4, 0.5) is 0 Å². The summed E-state index contributed by atoms with van der Waals surface area (Å²) in [5.41, 5.74) is 1.10. The molecular weight excluding hydrogens is 401 g/mol. The van der Waals surface area contributed by atoms with Gasteiger partial charge in [-0.05, 0) is 42.3 Å². The van der Waals surface area contributed by atoms with Crippen molar-refractivity contribution in [3.8, 4) is 11.5 Å². The Balaban J connectivity index is 1.74. The van der Waals surface area contributed by atoms with E-state index in [1.54, 1.807) is 25.1 Å². The van der Waals surface area contributed by atoms with Crippen molar-refractivity contribution in [2.75, 3.05) is 19.8 Å². The van der Waals surface area contributed by atoms with Crippen LogP contribution in [0.1, 0.15) is 17.2 Å². The third-order valence-corrected chi connectivity index (χ3v) is 6.22. The molecule has 0 saturated heterocycles. The maximum absolute atomic E-state index is 12.5. The highest BCUT2D eigenvalue weighted by Gasteiger charge is 2.22. The molecule has 2 aromatic carbocycles. The minimum atomic E-state index is -3.91. The number of aryl methyl sites for hydroxylation is 1. The molecule has 0 aromatic heterocycles. The molecule has 140 valence electrons. The fourth-order valence-electron chi connectivity index (χ4n) is 2.49. The Morgan fingerprint density at radius 1 is 1.12 bits per heavy atom. The second-order valence-corrected chi connectivity index (χ2v) is 8.35. The van der Waals surface area contributed by atoms with Crippen molar-refractivity contribution in [2.45, 2.75) is 17.9 Å². The Kier molecular flexibility index (Phi) is 5.64. The predicted octanol–water partition coefficient (Wildman–Crippen LogP) is 3.08. The Morgan fingerprint density at radius 3 is 2.54 bits per heavy atom. The average Bonchev–Trinajstić information content (AvgIpc) is 2.62. The van der Waals surface area contributed by atoms with Gasteiger partial charge in [-0.3, -0.25) is 0 Å². The van der Waals surface area contributed by atoms with Gasteiger partial charge in [-0.15, -0.1) is 0 Å². The molecule has 0 bridgehead atoms. The molecule has 0 saturated carbocycles. The zero-order chi connectivity index (χ0) is 18.9. The molecule has 0 aliphatic carbocycles. The summed E-state index contributed by atoms with van der Waals surface area (Å²) >= 11 is 11.9. The fraction of sp³-hybridized carbons (Fsp3) is 0.294. The third kappa shape index (κ3) is 4.07. The van der Waals surface area contributed by atoms with Crippen molar-refractivity contribution < 1.29 is 23.0 Å². The molecule has 2 N–H and O–H groups in total. The Hall–Kier alpha value is -1.51. The number of aliphatic hydroxyl groups is 1. The summed E-state index contributed by atoms with van der Waals surface area (Å²) in [6, 6.07) is 7.74. The summed E-state index contributed by atoms with van der Waals surface area (Å²) in [6.45, 7) is 2.35. The highest BCUT2D eigenvalue weighted by Crippen LogP contribution is 2.33. The van der Waals surface area contributed by atoms with E-state index in [2.05, 4.69) is 4.72 Å². The lowest BCUT2D eigenvalue weighted by Gasteiger charge is -2.20. The Bertz CT molecular complexity index is 933. The van der Waals surface area contributed by atoms with Gasteiger partial charge in [0.1, 0.15) is 18.1 Å². The number of halogens is 2. The van der Waals surface area contributed by atoms with Crippen LogP contribution in [0.15, 0.2) is 35.2 Å². The van der Waals surface area contributed by atoms with Crippen LogP contribution >= 0.6 is 23.2 Å². The van der Waals surface area contributed by atoms with E-state index >= 15 is 0 Å². The van der Waals surface area contributed by atoms with Crippen molar-refractivity contribution >= 4 is 33.2 Å². The molecule has 9 heteroatoms. The second kappa shape index (κ2) is 7.62. The number of ether oxygens (including phenoxy) is 2. The number of aliphatic hydroxyl groups excluding tert-OH is 1. The van der Waals surface area contributed by atoms with Crippen LogP contribution in [-0.4, -0.2) is 33.3 Å². The van der Waals surface area contributed by atoms with Crippen LogP contribution < -0.4 is 14.2 Å². The summed E-state index contributed by atoms with van der Waals surface area (Å²) in [5, 5.41) is 10.7. The molecule has 3 rings (SSSR count). The summed E-state index contributed by atoms with van der Waals surface area (Å²) in [7, 11) is -3.91. The van der Waals surface area contributed by atoms with E-state index < -0.39 is 16.1 Å². The van der Waals surface area contributed by atoms with Gasteiger partial charge in [-0.2, -0.15) is 0 Å². The largest absolute Gasteiger partial charge is 0.486 e. The minimum absolute atomic E-state index is 0.0157.